The van der Waals surface area contributed by atoms with Crippen LogP contribution in [-0.4, -0.2) is 32.7 Å². The van der Waals surface area contributed by atoms with Gasteiger partial charge in [-0.2, -0.15) is 0 Å². The molecule has 0 saturated heterocycles. The summed E-state index contributed by atoms with van der Waals surface area (Å²) in [5.41, 5.74) is 0. The minimum Gasteiger partial charge on any atom is -0.458 e. The molecular formula is C7H6Br2Cl2F2O4. The monoisotopic (exact) mass is 420 g/mol. The van der Waals surface area contributed by atoms with Crippen molar-refractivity contribution in [1.82, 2.24) is 0 Å². The summed E-state index contributed by atoms with van der Waals surface area (Å²) in [5.74, 6) is -2.84. The van der Waals surface area contributed by atoms with Crippen molar-refractivity contribution < 1.29 is 27.8 Å². The van der Waals surface area contributed by atoms with Crippen molar-refractivity contribution in [2.75, 3.05) is 6.61 Å². The third-order valence-electron chi connectivity index (χ3n) is 1.22. The van der Waals surface area contributed by atoms with Crippen molar-refractivity contribution in [3.05, 3.63) is 0 Å². The summed E-state index contributed by atoms with van der Waals surface area (Å²) in [7, 11) is 0. The van der Waals surface area contributed by atoms with Crippen LogP contribution in [0.1, 0.15) is 6.92 Å². The topological polar surface area (TPSA) is 52.6 Å². The van der Waals surface area contributed by atoms with Gasteiger partial charge in [-0.05, 0) is 38.8 Å². The second-order valence-corrected chi connectivity index (χ2v) is 6.95. The van der Waals surface area contributed by atoms with E-state index >= 15 is 0 Å². The molecular weight excluding hydrogens is 417 g/mol. The predicted octanol–water partition coefficient (Wildman–Crippen LogP) is 2.98. The summed E-state index contributed by atoms with van der Waals surface area (Å²) in [6, 6.07) is 0. The molecule has 0 rings (SSSR count). The van der Waals surface area contributed by atoms with Gasteiger partial charge in [0.05, 0.1) is 0 Å². The van der Waals surface area contributed by atoms with Crippen LogP contribution in [0.4, 0.5) is 8.78 Å². The minimum atomic E-state index is -2.86. The number of esters is 2. The third-order valence-corrected chi connectivity index (χ3v) is 2.18. The molecule has 0 aromatic rings. The Morgan fingerprint density at radius 3 is 2.00 bits per heavy atom. The van der Waals surface area contributed by atoms with Gasteiger partial charge in [0.25, 0.3) is 0 Å². The first-order chi connectivity index (χ1) is 7.44. The average molecular weight is 423 g/mol. The van der Waals surface area contributed by atoms with E-state index in [0.717, 1.165) is 0 Å². The van der Waals surface area contributed by atoms with Gasteiger partial charge in [-0.3, -0.25) is 0 Å². The Morgan fingerprint density at radius 2 is 1.65 bits per heavy atom. The lowest BCUT2D eigenvalue weighted by Gasteiger charge is -2.17. The van der Waals surface area contributed by atoms with E-state index in [4.69, 9.17) is 23.2 Å². The van der Waals surface area contributed by atoms with Gasteiger partial charge in [-0.25, -0.2) is 18.4 Å². The standard InChI is InChI=1S/C7H6Br2Cl2F2O4/c1-3(17-5(15)7(9,11)13)2-16-4(14)6(8,10)12/h3H,2H2,1H3/t3-,6-,7+/m1/s1. The van der Waals surface area contributed by atoms with Gasteiger partial charge in [-0.15, -0.1) is 0 Å². The number of alkyl halides is 6. The fraction of sp³-hybridized carbons (Fsp3) is 0.714. The molecule has 100 valence electrons. The maximum absolute atomic E-state index is 12.7. The van der Waals surface area contributed by atoms with Gasteiger partial charge in [0.15, 0.2) is 0 Å². The van der Waals surface area contributed by atoms with Crippen LogP contribution in [-0.2, 0) is 19.1 Å². The van der Waals surface area contributed by atoms with Crippen molar-refractivity contribution >= 4 is 67.0 Å². The smallest absolute Gasteiger partial charge is 0.371 e. The first kappa shape index (κ1) is 17.3. The lowest BCUT2D eigenvalue weighted by Crippen LogP contribution is -2.31. The Kier molecular flexibility index (Phi) is 6.62. The highest BCUT2D eigenvalue weighted by Gasteiger charge is 2.37. The molecule has 10 heteroatoms. The molecule has 0 saturated carbocycles. The first-order valence-electron chi connectivity index (χ1n) is 3.96. The van der Waals surface area contributed by atoms with Gasteiger partial charge in [0.1, 0.15) is 12.7 Å². The molecule has 0 radical (unpaired) electrons. The van der Waals surface area contributed by atoms with Crippen LogP contribution in [0, 0.1) is 0 Å². The van der Waals surface area contributed by atoms with Crippen LogP contribution in [0.3, 0.4) is 0 Å². The summed E-state index contributed by atoms with van der Waals surface area (Å²) < 4.78 is 28.5. The van der Waals surface area contributed by atoms with Crippen molar-refractivity contribution in [3.63, 3.8) is 0 Å². The minimum absolute atomic E-state index is 0.505. The molecule has 4 nitrogen and oxygen atoms in total. The second-order valence-electron chi connectivity index (χ2n) is 2.81. The molecule has 0 amide bonds. The quantitative estimate of drug-likeness (QED) is 0.505. The molecule has 0 heterocycles. The summed E-state index contributed by atoms with van der Waals surface area (Å²) >= 11 is 14.3. The zero-order valence-electron chi connectivity index (χ0n) is 8.19. The summed E-state index contributed by atoms with van der Waals surface area (Å²) in [4.78, 5) is 21.7. The number of carbonyl (C=O) groups is 2. The van der Waals surface area contributed by atoms with Crippen LogP contribution in [0.2, 0.25) is 0 Å². The van der Waals surface area contributed by atoms with Crippen molar-refractivity contribution in [3.8, 4) is 0 Å². The Labute approximate surface area is 122 Å². The van der Waals surface area contributed by atoms with E-state index in [9.17, 15) is 18.4 Å². The summed E-state index contributed by atoms with van der Waals surface area (Å²) in [6.45, 7) is 0.776. The van der Waals surface area contributed by atoms with Crippen molar-refractivity contribution in [1.29, 1.82) is 0 Å². The Hall–Kier alpha value is 0.340. The maximum atomic E-state index is 12.7. The predicted molar refractivity (Wildman–Crippen MR) is 63.8 cm³/mol. The highest BCUT2D eigenvalue weighted by molar-refractivity contribution is 9.10. The zero-order valence-corrected chi connectivity index (χ0v) is 12.9. The lowest BCUT2D eigenvalue weighted by atomic mass is 10.4. The number of rotatable bonds is 5. The zero-order chi connectivity index (χ0) is 13.9. The fourth-order valence-corrected chi connectivity index (χ4v) is 0.865. The van der Waals surface area contributed by atoms with Gasteiger partial charge in [-0.1, -0.05) is 23.2 Å². The number of hydrogen-bond acceptors (Lipinski definition) is 4. The molecule has 0 spiro atoms. The highest BCUT2D eigenvalue weighted by Crippen LogP contribution is 2.28. The summed E-state index contributed by atoms with van der Waals surface area (Å²) in [6.07, 6.45) is -1.02. The fourth-order valence-electron chi connectivity index (χ4n) is 0.558. The first-order valence-corrected chi connectivity index (χ1v) is 6.30. The highest BCUT2D eigenvalue weighted by atomic mass is 79.9. The van der Waals surface area contributed by atoms with E-state index in [1.54, 1.807) is 0 Å². The molecule has 0 aliphatic rings. The molecule has 0 aliphatic carbocycles. The van der Waals surface area contributed by atoms with Crippen molar-refractivity contribution in [2.24, 2.45) is 0 Å². The average Bonchev–Trinajstić information content (AvgIpc) is 2.10. The SMILES string of the molecule is C[C@H](COC(=O)[C@](F)(Cl)Br)OC(=O)[C@@](F)(Cl)Br. The number of ether oxygens (including phenoxy) is 2. The molecule has 0 bridgehead atoms. The molecule has 17 heavy (non-hydrogen) atoms. The Balaban J connectivity index is 4.10. The van der Waals surface area contributed by atoms with Crippen LogP contribution in [0.15, 0.2) is 0 Å². The molecule has 0 aromatic carbocycles. The van der Waals surface area contributed by atoms with Crippen LogP contribution in [0.5, 0.6) is 0 Å². The van der Waals surface area contributed by atoms with Crippen LogP contribution in [0.25, 0.3) is 0 Å². The molecule has 0 aliphatic heterocycles. The number of carbonyl (C=O) groups excluding carboxylic acids is 2. The molecule has 0 N–H and O–H groups in total. The number of hydrogen-bond donors (Lipinski definition) is 0. The maximum Gasteiger partial charge on any atom is 0.371 e. The van der Waals surface area contributed by atoms with Crippen LogP contribution >= 0.6 is 55.1 Å². The Bertz CT molecular complexity index is 303. The van der Waals surface area contributed by atoms with Crippen LogP contribution < -0.4 is 0 Å². The van der Waals surface area contributed by atoms with Crippen molar-refractivity contribution in [2.45, 2.75) is 21.1 Å². The van der Waals surface area contributed by atoms with E-state index in [2.05, 4.69) is 41.3 Å². The van der Waals surface area contributed by atoms with Gasteiger partial charge in [0.2, 0.25) is 0 Å². The molecule has 0 unspecified atom stereocenters. The second kappa shape index (κ2) is 6.49. The Morgan fingerprint density at radius 1 is 1.24 bits per heavy atom. The third kappa shape index (κ3) is 7.38. The molecule has 3 atom stereocenters. The summed E-state index contributed by atoms with van der Waals surface area (Å²) in [5, 5.41) is 0. The van der Waals surface area contributed by atoms with E-state index in [0.29, 0.717) is 0 Å². The lowest BCUT2D eigenvalue weighted by molar-refractivity contribution is -0.162. The van der Waals surface area contributed by atoms with E-state index < -0.39 is 32.7 Å². The van der Waals surface area contributed by atoms with Gasteiger partial charge < -0.3 is 9.47 Å². The largest absolute Gasteiger partial charge is 0.458 e. The van der Waals surface area contributed by atoms with Gasteiger partial charge in [0, 0.05) is 0 Å². The van der Waals surface area contributed by atoms with E-state index in [-0.39, 0.29) is 0 Å². The van der Waals surface area contributed by atoms with E-state index in [1.165, 1.54) is 6.92 Å². The normalized spacial score (nSPS) is 19.7. The van der Waals surface area contributed by atoms with E-state index in [1.807, 2.05) is 0 Å². The van der Waals surface area contributed by atoms with Gasteiger partial charge >= 0.3 is 20.0 Å². The molecule has 0 fully saturated rings. The number of halogens is 6. The molecule has 0 aromatic heterocycles.